The number of carbonyl (C=O) groups excluding carboxylic acids is 1. The fourth-order valence-corrected chi connectivity index (χ4v) is 1.34. The molecule has 1 N–H and O–H groups in total. The number of anilines is 1. The van der Waals surface area contributed by atoms with Crippen LogP contribution in [0.15, 0.2) is 23.9 Å². The van der Waals surface area contributed by atoms with Crippen molar-refractivity contribution in [3.63, 3.8) is 0 Å². The monoisotopic (exact) mass is 220 g/mol. The van der Waals surface area contributed by atoms with Gasteiger partial charge in [0.1, 0.15) is 5.69 Å². The molecule has 0 spiro atoms. The molecule has 84 valence electrons. The summed E-state index contributed by atoms with van der Waals surface area (Å²) in [5, 5.41) is 5.69. The Labute approximate surface area is 93.1 Å². The summed E-state index contributed by atoms with van der Waals surface area (Å²) in [6.45, 7) is 3.61. The van der Waals surface area contributed by atoms with Crippen LogP contribution in [-0.4, -0.2) is 20.1 Å². The first kappa shape index (κ1) is 11.9. The molecule has 1 rings (SSSR count). The number of esters is 1. The molecule has 0 saturated heterocycles. The molecule has 1 aromatic rings. The molecule has 0 fully saturated rings. The van der Waals surface area contributed by atoms with Crippen LogP contribution in [-0.2, 0) is 4.74 Å². The number of nitrogens with one attached hydrogen (secondary N) is 1. The largest absolute Gasteiger partial charge is 0.465 e. The molecule has 0 aliphatic carbocycles. The van der Waals surface area contributed by atoms with E-state index in [-0.39, 0.29) is 11.3 Å². The third-order valence-electron chi connectivity index (χ3n) is 2.16. The van der Waals surface area contributed by atoms with E-state index >= 15 is 0 Å². The van der Waals surface area contributed by atoms with Crippen molar-refractivity contribution in [3.8, 4) is 0 Å². The first-order chi connectivity index (χ1) is 7.67. The van der Waals surface area contributed by atoms with Gasteiger partial charge in [-0.15, -0.1) is 4.91 Å². The second kappa shape index (κ2) is 5.06. The number of hydrogen-bond acceptors (Lipinski definition) is 5. The Balaban J connectivity index is 3.42. The normalized spacial score (nSPS) is 9.38. The lowest BCUT2D eigenvalue weighted by molar-refractivity contribution is 0.0602. The minimum Gasteiger partial charge on any atom is -0.465 e. The Morgan fingerprint density at radius 2 is 2.25 bits per heavy atom. The summed E-state index contributed by atoms with van der Waals surface area (Å²) in [4.78, 5) is 22.0. The van der Waals surface area contributed by atoms with Gasteiger partial charge in [-0.3, -0.25) is 0 Å². The molecule has 5 heteroatoms. The predicted molar refractivity (Wildman–Crippen MR) is 62.9 cm³/mol. The first-order valence-corrected chi connectivity index (χ1v) is 4.57. The van der Waals surface area contributed by atoms with Crippen LogP contribution < -0.4 is 5.32 Å². The molecule has 0 aliphatic heterocycles. The van der Waals surface area contributed by atoms with Crippen LogP contribution in [0.1, 0.15) is 15.9 Å². The highest BCUT2D eigenvalue weighted by Crippen LogP contribution is 2.28. The molecule has 0 atom stereocenters. The number of rotatable bonds is 4. The maximum atomic E-state index is 11.4. The topological polar surface area (TPSA) is 67.8 Å². The van der Waals surface area contributed by atoms with E-state index < -0.39 is 5.97 Å². The average Bonchev–Trinajstić information content (AvgIpc) is 2.35. The van der Waals surface area contributed by atoms with Gasteiger partial charge < -0.3 is 10.1 Å². The highest BCUT2D eigenvalue weighted by atomic mass is 16.5. The van der Waals surface area contributed by atoms with Crippen molar-refractivity contribution in [3.05, 3.63) is 34.7 Å². The van der Waals surface area contributed by atoms with Gasteiger partial charge in [0.15, 0.2) is 0 Å². The molecule has 0 amide bonds. The van der Waals surface area contributed by atoms with Crippen LogP contribution in [0.4, 0.5) is 11.4 Å². The summed E-state index contributed by atoms with van der Waals surface area (Å²) in [6.07, 6.45) is 1.57. The number of methoxy groups -OCH3 is 1. The minimum atomic E-state index is -0.596. The molecule has 0 aliphatic rings. The lowest BCUT2D eigenvalue weighted by Gasteiger charge is -2.09. The van der Waals surface area contributed by atoms with Crippen molar-refractivity contribution < 1.29 is 9.53 Å². The van der Waals surface area contributed by atoms with Crippen molar-refractivity contribution in [1.29, 1.82) is 0 Å². The van der Waals surface area contributed by atoms with Crippen molar-refractivity contribution in [2.24, 2.45) is 5.18 Å². The van der Waals surface area contributed by atoms with Gasteiger partial charge in [-0.25, -0.2) is 4.79 Å². The van der Waals surface area contributed by atoms with Gasteiger partial charge in [0.2, 0.25) is 0 Å². The number of hydrogen-bond donors (Lipinski definition) is 1. The van der Waals surface area contributed by atoms with Gasteiger partial charge in [0, 0.05) is 12.7 Å². The van der Waals surface area contributed by atoms with E-state index in [0.29, 0.717) is 11.3 Å². The van der Waals surface area contributed by atoms with Gasteiger partial charge in [0.25, 0.3) is 0 Å². The molecule has 16 heavy (non-hydrogen) atoms. The smallest absolute Gasteiger partial charge is 0.340 e. The van der Waals surface area contributed by atoms with Gasteiger partial charge in [-0.1, -0.05) is 12.7 Å². The van der Waals surface area contributed by atoms with E-state index in [9.17, 15) is 9.70 Å². The van der Waals surface area contributed by atoms with Gasteiger partial charge in [-0.05, 0) is 22.9 Å². The number of ether oxygens (including phenoxy) is 1. The molecule has 5 nitrogen and oxygen atoms in total. The molecule has 0 saturated carbocycles. The molecular weight excluding hydrogens is 208 g/mol. The second-order valence-electron chi connectivity index (χ2n) is 2.99. The predicted octanol–water partition coefficient (Wildman–Crippen LogP) is 2.56. The van der Waals surface area contributed by atoms with Crippen molar-refractivity contribution in [1.82, 2.24) is 0 Å². The standard InChI is InChI=1S/C11H12N2O3/c1-4-7-5-10(13-15)8(11(14)16-3)6-9(7)12-2/h4-6,12H,1H2,2-3H3. The van der Waals surface area contributed by atoms with E-state index in [1.165, 1.54) is 19.2 Å². The molecule has 0 heterocycles. The quantitative estimate of drug-likeness (QED) is 0.625. The fourth-order valence-electron chi connectivity index (χ4n) is 1.34. The Bertz CT molecular complexity index is 441. The van der Waals surface area contributed by atoms with Gasteiger partial charge in [-0.2, -0.15) is 0 Å². The molecular formula is C11H12N2O3. The van der Waals surface area contributed by atoms with Crippen molar-refractivity contribution >= 4 is 23.4 Å². The molecule has 0 radical (unpaired) electrons. The summed E-state index contributed by atoms with van der Waals surface area (Å²) in [5.41, 5.74) is 1.56. The Morgan fingerprint density at radius 3 is 2.69 bits per heavy atom. The zero-order chi connectivity index (χ0) is 12.1. The first-order valence-electron chi connectivity index (χ1n) is 4.57. The Kier molecular flexibility index (Phi) is 3.77. The number of nitrogens with zero attached hydrogens (tertiary/aromatic N) is 1. The van der Waals surface area contributed by atoms with Gasteiger partial charge >= 0.3 is 5.97 Å². The maximum absolute atomic E-state index is 11.4. The van der Waals surface area contributed by atoms with E-state index in [2.05, 4.69) is 21.8 Å². The summed E-state index contributed by atoms with van der Waals surface area (Å²) < 4.78 is 4.56. The summed E-state index contributed by atoms with van der Waals surface area (Å²) >= 11 is 0. The van der Waals surface area contributed by atoms with Crippen LogP contribution in [0.5, 0.6) is 0 Å². The summed E-state index contributed by atoms with van der Waals surface area (Å²) in [6, 6.07) is 3.00. The Morgan fingerprint density at radius 1 is 1.56 bits per heavy atom. The maximum Gasteiger partial charge on any atom is 0.340 e. The lowest BCUT2D eigenvalue weighted by Crippen LogP contribution is -2.03. The third kappa shape index (κ3) is 2.08. The zero-order valence-corrected chi connectivity index (χ0v) is 9.11. The van der Waals surface area contributed by atoms with E-state index in [4.69, 9.17) is 0 Å². The van der Waals surface area contributed by atoms with Gasteiger partial charge in [0.05, 0.1) is 12.7 Å². The average molecular weight is 220 g/mol. The zero-order valence-electron chi connectivity index (χ0n) is 9.11. The van der Waals surface area contributed by atoms with E-state index in [0.717, 1.165) is 0 Å². The van der Waals surface area contributed by atoms with Crippen LogP contribution in [0, 0.1) is 4.91 Å². The molecule has 0 bridgehead atoms. The SMILES string of the molecule is C=Cc1cc(N=O)c(C(=O)OC)cc1NC. The third-order valence-corrected chi connectivity index (χ3v) is 2.16. The number of nitroso groups, excluding NO2 is 1. The fraction of sp³-hybridized carbons (Fsp3) is 0.182. The van der Waals surface area contributed by atoms with Crippen LogP contribution in [0.25, 0.3) is 6.08 Å². The van der Waals surface area contributed by atoms with E-state index in [1.807, 2.05) is 0 Å². The molecule has 0 unspecified atom stereocenters. The van der Waals surface area contributed by atoms with Crippen molar-refractivity contribution in [2.45, 2.75) is 0 Å². The number of benzene rings is 1. The minimum absolute atomic E-state index is 0.0424. The van der Waals surface area contributed by atoms with Crippen molar-refractivity contribution in [2.75, 3.05) is 19.5 Å². The second-order valence-corrected chi connectivity index (χ2v) is 2.99. The number of carbonyl (C=O) groups is 1. The van der Waals surface area contributed by atoms with Crippen LogP contribution in [0.3, 0.4) is 0 Å². The Hall–Kier alpha value is -2.17. The highest BCUT2D eigenvalue weighted by molar-refractivity contribution is 5.97. The van der Waals surface area contributed by atoms with E-state index in [1.54, 1.807) is 13.1 Å². The molecule has 0 aromatic heterocycles. The van der Waals surface area contributed by atoms with Crippen LogP contribution in [0.2, 0.25) is 0 Å². The lowest BCUT2D eigenvalue weighted by atomic mass is 10.1. The van der Waals surface area contributed by atoms with Crippen LogP contribution >= 0.6 is 0 Å². The molecule has 1 aromatic carbocycles. The highest BCUT2D eigenvalue weighted by Gasteiger charge is 2.15. The summed E-state index contributed by atoms with van der Waals surface area (Å²) in [7, 11) is 2.95. The summed E-state index contributed by atoms with van der Waals surface area (Å²) in [5.74, 6) is -0.596.